The van der Waals surface area contributed by atoms with Crippen LogP contribution in [0.2, 0.25) is 0 Å². The van der Waals surface area contributed by atoms with Crippen LogP contribution in [0.25, 0.3) is 33.3 Å². The third kappa shape index (κ3) is 9.38. The number of benzene rings is 2. The fraction of sp³-hybridized carbons (Fsp3) is 0.500. The minimum absolute atomic E-state index is 0.134. The van der Waals surface area contributed by atoms with Crippen LogP contribution in [0, 0.1) is 17.3 Å². The molecule has 6 bridgehead atoms. The Balaban J connectivity index is 1.17. The van der Waals surface area contributed by atoms with Crippen molar-refractivity contribution in [3.63, 3.8) is 0 Å². The average molecular weight is 915 g/mol. The molecule has 0 radical (unpaired) electrons. The number of likely N-dealkylation sites (N-methyl/N-ethyl adjacent to an activating group) is 1. The Morgan fingerprint density at radius 2 is 1.82 bits per heavy atom. The van der Waals surface area contributed by atoms with Crippen molar-refractivity contribution in [1.29, 1.82) is 0 Å². The van der Waals surface area contributed by atoms with Gasteiger partial charge >= 0.3 is 5.97 Å². The number of nitrogens with zero attached hydrogens (tertiary/aromatic N) is 5. The number of aromatic nitrogens is 2. The van der Waals surface area contributed by atoms with Gasteiger partial charge in [0, 0.05) is 80.4 Å². The number of carbonyl (C=O) groups excluding carboxylic acids is 5. The number of ether oxygens (including phenoxy) is 2. The number of carbonyl (C=O) groups is 5. The molecule has 0 aliphatic carbocycles. The second-order valence-electron chi connectivity index (χ2n) is 19.8. The number of esters is 1. The summed E-state index contributed by atoms with van der Waals surface area (Å²) in [6.07, 6.45) is 3.24. The SMILES string of the molecule is C=C1CN[C@H]2[C@@H](C(=O)N(C)[C@H](C(=O)N[C@H]3Cc4cccc(c4)-c4ccc5c(c4)c(c(-c4cccnc4[C@H](C)OC)n5CC)CC(C)(C)COC(=O)[C@@H]4CCCN(N4)C3=O)C(C)C)CCN2C1=O. The molecule has 0 spiro atoms. The minimum atomic E-state index is -1.06. The number of fused-ring (bicyclic) bond motifs is 7. The van der Waals surface area contributed by atoms with E-state index in [1.54, 1.807) is 25.3 Å². The summed E-state index contributed by atoms with van der Waals surface area (Å²) >= 11 is 0. The summed E-state index contributed by atoms with van der Waals surface area (Å²) in [5, 5.41) is 8.88. The van der Waals surface area contributed by atoms with Gasteiger partial charge in [-0.05, 0) is 92.0 Å². The van der Waals surface area contributed by atoms with Crippen molar-refractivity contribution in [3.05, 3.63) is 89.8 Å². The van der Waals surface area contributed by atoms with E-state index in [-0.39, 0.29) is 43.4 Å². The number of hydrogen-bond donors (Lipinski definition) is 3. The molecule has 4 aliphatic rings. The first-order valence-electron chi connectivity index (χ1n) is 23.8. The summed E-state index contributed by atoms with van der Waals surface area (Å²) in [5.74, 6) is -2.62. The number of methoxy groups -OCH3 is 1. The zero-order valence-corrected chi connectivity index (χ0v) is 40.2. The van der Waals surface area contributed by atoms with Gasteiger partial charge in [-0.25, -0.2) is 5.43 Å². The van der Waals surface area contributed by atoms with E-state index in [0.717, 1.165) is 50.1 Å². The molecule has 8 rings (SSSR count). The number of pyridine rings is 1. The molecule has 356 valence electrons. The summed E-state index contributed by atoms with van der Waals surface area (Å²) < 4.78 is 14.3. The lowest BCUT2D eigenvalue weighted by Gasteiger charge is -2.38. The van der Waals surface area contributed by atoms with Gasteiger partial charge in [0.2, 0.25) is 11.8 Å². The van der Waals surface area contributed by atoms with Crippen LogP contribution < -0.4 is 16.1 Å². The topological polar surface area (TPSA) is 167 Å². The molecule has 2 aromatic carbocycles. The molecule has 6 heterocycles. The Morgan fingerprint density at radius 1 is 1.04 bits per heavy atom. The lowest BCUT2D eigenvalue weighted by atomic mass is 9.84. The fourth-order valence-electron chi connectivity index (χ4n) is 10.6. The number of aryl methyl sites for hydroxylation is 1. The van der Waals surface area contributed by atoms with Gasteiger partial charge in [-0.15, -0.1) is 0 Å². The molecule has 67 heavy (non-hydrogen) atoms. The van der Waals surface area contributed by atoms with Gasteiger partial charge in [-0.2, -0.15) is 0 Å². The Labute approximate surface area is 393 Å². The molecule has 15 heteroatoms. The Morgan fingerprint density at radius 3 is 2.57 bits per heavy atom. The van der Waals surface area contributed by atoms with Gasteiger partial charge in [0.15, 0.2) is 0 Å². The molecule has 4 amide bonds. The first-order valence-corrected chi connectivity index (χ1v) is 23.8. The lowest BCUT2D eigenvalue weighted by molar-refractivity contribution is -0.155. The van der Waals surface area contributed by atoms with Crippen molar-refractivity contribution in [1.82, 2.24) is 40.4 Å². The van der Waals surface area contributed by atoms with Crippen LogP contribution in [0.3, 0.4) is 0 Å². The molecular formula is C52H66N8O7. The third-order valence-corrected chi connectivity index (χ3v) is 14.1. The molecule has 0 unspecified atom stereocenters. The summed E-state index contributed by atoms with van der Waals surface area (Å²) in [5.41, 5.74) is 10.9. The van der Waals surface area contributed by atoms with Crippen LogP contribution in [-0.2, 0) is 52.8 Å². The lowest BCUT2D eigenvalue weighted by Crippen LogP contribution is -2.62. The molecule has 3 saturated heterocycles. The summed E-state index contributed by atoms with van der Waals surface area (Å²) in [6.45, 7) is 17.8. The fourth-order valence-corrected chi connectivity index (χ4v) is 10.6. The van der Waals surface area contributed by atoms with Crippen molar-refractivity contribution >= 4 is 40.5 Å². The highest BCUT2D eigenvalue weighted by atomic mass is 16.5. The number of rotatable bonds is 9. The van der Waals surface area contributed by atoms with Crippen molar-refractivity contribution < 1.29 is 33.4 Å². The van der Waals surface area contributed by atoms with Crippen molar-refractivity contribution in [2.45, 2.75) is 111 Å². The minimum Gasteiger partial charge on any atom is -0.464 e. The predicted octanol–water partition coefficient (Wildman–Crippen LogP) is 5.56. The normalized spacial score (nSPS) is 23.1. The average Bonchev–Trinajstić information content (AvgIpc) is 3.89. The molecule has 15 nitrogen and oxygen atoms in total. The van der Waals surface area contributed by atoms with E-state index in [1.165, 1.54) is 9.91 Å². The molecule has 3 fully saturated rings. The van der Waals surface area contributed by atoms with E-state index >= 15 is 0 Å². The molecule has 4 aliphatic heterocycles. The molecule has 0 saturated carbocycles. The summed E-state index contributed by atoms with van der Waals surface area (Å²) in [7, 11) is 3.31. The zero-order valence-electron chi connectivity index (χ0n) is 40.2. The van der Waals surface area contributed by atoms with Crippen molar-refractivity contribution in [2.24, 2.45) is 17.3 Å². The first-order chi connectivity index (χ1) is 32.0. The second kappa shape index (κ2) is 19.4. The number of amides is 4. The Kier molecular flexibility index (Phi) is 13.8. The van der Waals surface area contributed by atoms with Crippen LogP contribution in [0.1, 0.15) is 83.7 Å². The monoisotopic (exact) mass is 915 g/mol. The second-order valence-corrected chi connectivity index (χ2v) is 19.8. The maximum Gasteiger partial charge on any atom is 0.324 e. The standard InChI is InChI=1S/C52H66N8O7/c1-10-58-42-19-18-35-26-38(42)39(45(58)36-16-12-21-53-43(36)32(5)66-9)27-52(6,7)29-67-51(65)40-17-13-22-60(56-40)50(64)41(25-33-14-11-15-34(35)24-33)55-47(61)44(30(2)3)57(8)49(63)37-20-23-59-46(37)54-28-31(4)48(59)62/h11-12,14-16,18-19,21,24,26,30,32,37,40-41,44,46,54,56H,4,10,13,17,20,22-23,25,27-29H2,1-3,5-9H3,(H,55,61)/t32-,37-,40-,41-,44-,46+/m0/s1. The molecule has 3 N–H and O–H groups in total. The van der Waals surface area contributed by atoms with Crippen molar-refractivity contribution in [3.8, 4) is 22.4 Å². The Hall–Kier alpha value is -5.90. The van der Waals surface area contributed by atoms with Crippen LogP contribution in [-0.4, -0.2) is 119 Å². The molecule has 6 atom stereocenters. The number of nitrogens with one attached hydrogen (secondary N) is 3. The molecular weight excluding hydrogens is 849 g/mol. The van der Waals surface area contributed by atoms with Gasteiger partial charge in [-0.1, -0.05) is 64.6 Å². The Bertz CT molecular complexity index is 2590. The van der Waals surface area contributed by atoms with Crippen molar-refractivity contribution in [2.75, 3.05) is 40.4 Å². The van der Waals surface area contributed by atoms with Gasteiger partial charge in [0.25, 0.3) is 11.8 Å². The third-order valence-electron chi connectivity index (χ3n) is 14.1. The largest absolute Gasteiger partial charge is 0.464 e. The molecule has 2 aromatic heterocycles. The van der Waals surface area contributed by atoms with Crippen LogP contribution in [0.5, 0.6) is 0 Å². The number of hydrogen-bond acceptors (Lipinski definition) is 10. The maximum atomic E-state index is 14.8. The highest BCUT2D eigenvalue weighted by molar-refractivity contribution is 5.97. The maximum absolute atomic E-state index is 14.8. The van der Waals surface area contributed by atoms with E-state index in [4.69, 9.17) is 14.5 Å². The summed E-state index contributed by atoms with van der Waals surface area (Å²) in [4.78, 5) is 78.4. The van der Waals surface area contributed by atoms with E-state index < -0.39 is 53.4 Å². The van der Waals surface area contributed by atoms with Gasteiger partial charge < -0.3 is 29.2 Å². The van der Waals surface area contributed by atoms with E-state index in [0.29, 0.717) is 50.9 Å². The quantitative estimate of drug-likeness (QED) is 0.143. The highest BCUT2D eigenvalue weighted by Gasteiger charge is 2.47. The highest BCUT2D eigenvalue weighted by Crippen LogP contribution is 2.42. The van der Waals surface area contributed by atoms with Gasteiger partial charge in [0.1, 0.15) is 18.1 Å². The van der Waals surface area contributed by atoms with E-state index in [9.17, 15) is 24.0 Å². The van der Waals surface area contributed by atoms with Crippen LogP contribution in [0.15, 0.2) is 72.9 Å². The van der Waals surface area contributed by atoms with E-state index in [2.05, 4.69) is 84.4 Å². The smallest absolute Gasteiger partial charge is 0.324 e. The number of hydrazine groups is 1. The predicted molar refractivity (Wildman–Crippen MR) is 256 cm³/mol. The van der Waals surface area contributed by atoms with Gasteiger partial charge in [-0.3, -0.25) is 39.3 Å². The first kappa shape index (κ1) is 47.6. The number of cyclic esters (lactones) is 1. The van der Waals surface area contributed by atoms with Crippen LogP contribution in [0.4, 0.5) is 0 Å². The van der Waals surface area contributed by atoms with Gasteiger partial charge in [0.05, 0.1) is 36.2 Å². The zero-order chi connectivity index (χ0) is 47.9. The van der Waals surface area contributed by atoms with Crippen LogP contribution >= 0.6 is 0 Å². The van der Waals surface area contributed by atoms with E-state index in [1.807, 2.05) is 39.0 Å². The summed E-state index contributed by atoms with van der Waals surface area (Å²) in [6, 6.07) is 15.8. The molecule has 4 aromatic rings.